The quantitative estimate of drug-likeness (QED) is 0.695. The summed E-state index contributed by atoms with van der Waals surface area (Å²) in [6.07, 6.45) is 3.41. The van der Waals surface area contributed by atoms with Crippen molar-refractivity contribution in [2.75, 3.05) is 33.4 Å². The Balaban J connectivity index is 2.37. The molecule has 1 heterocycles. The van der Waals surface area contributed by atoms with Crippen molar-refractivity contribution < 1.29 is 14.3 Å². The lowest BCUT2D eigenvalue weighted by molar-refractivity contribution is -0.136. The second-order valence-corrected chi connectivity index (χ2v) is 5.32. The fraction of sp³-hybridized carbons (Fsp3) is 0.857. The Morgan fingerprint density at radius 2 is 2.05 bits per heavy atom. The number of likely N-dealkylation sites (tertiary alicyclic amines) is 1. The van der Waals surface area contributed by atoms with Gasteiger partial charge in [-0.1, -0.05) is 13.3 Å². The van der Waals surface area contributed by atoms with Gasteiger partial charge < -0.3 is 20.7 Å². The average Bonchev–Trinajstić information content (AvgIpc) is 2.45. The van der Waals surface area contributed by atoms with Crippen LogP contribution in [0.4, 0.5) is 0 Å². The molecule has 6 nitrogen and oxygen atoms in total. The van der Waals surface area contributed by atoms with Gasteiger partial charge in [-0.05, 0) is 19.3 Å². The van der Waals surface area contributed by atoms with E-state index in [1.165, 1.54) is 7.11 Å². The number of ether oxygens (including phenoxy) is 1. The van der Waals surface area contributed by atoms with E-state index < -0.39 is 0 Å². The van der Waals surface area contributed by atoms with Crippen LogP contribution in [0.15, 0.2) is 0 Å². The summed E-state index contributed by atoms with van der Waals surface area (Å²) in [4.78, 5) is 25.6. The van der Waals surface area contributed by atoms with Gasteiger partial charge in [0.05, 0.1) is 5.92 Å². The maximum atomic E-state index is 12.3. The Morgan fingerprint density at radius 3 is 2.55 bits per heavy atom. The van der Waals surface area contributed by atoms with Crippen LogP contribution in [0.2, 0.25) is 0 Å². The summed E-state index contributed by atoms with van der Waals surface area (Å²) in [5.41, 5.74) is 5.67. The van der Waals surface area contributed by atoms with Crippen molar-refractivity contribution in [2.45, 2.75) is 38.6 Å². The summed E-state index contributed by atoms with van der Waals surface area (Å²) in [7, 11) is 1.50. The van der Waals surface area contributed by atoms with Crippen molar-refractivity contribution >= 4 is 11.8 Å². The molecule has 1 unspecified atom stereocenters. The fourth-order valence-electron chi connectivity index (χ4n) is 2.59. The van der Waals surface area contributed by atoms with Crippen LogP contribution in [-0.4, -0.2) is 56.1 Å². The maximum absolute atomic E-state index is 12.3. The monoisotopic (exact) mass is 285 g/mol. The van der Waals surface area contributed by atoms with Crippen LogP contribution in [-0.2, 0) is 14.3 Å². The zero-order chi connectivity index (χ0) is 15.0. The molecule has 0 radical (unpaired) electrons. The molecule has 0 aromatic heterocycles. The van der Waals surface area contributed by atoms with Gasteiger partial charge in [0.1, 0.15) is 6.61 Å². The predicted octanol–water partition coefficient (Wildman–Crippen LogP) is 0.115. The molecule has 1 aliphatic rings. The zero-order valence-corrected chi connectivity index (χ0v) is 12.6. The number of piperidine rings is 1. The largest absolute Gasteiger partial charge is 0.375 e. The number of nitrogens with one attached hydrogen (secondary N) is 1. The first kappa shape index (κ1) is 16.9. The number of hydrogen-bond donors (Lipinski definition) is 2. The summed E-state index contributed by atoms with van der Waals surface area (Å²) in [5.74, 6) is 0.0127. The third kappa shape index (κ3) is 5.09. The normalized spacial score (nSPS) is 17.9. The fourth-order valence-corrected chi connectivity index (χ4v) is 2.59. The van der Waals surface area contributed by atoms with Crippen molar-refractivity contribution in [2.24, 2.45) is 11.7 Å². The van der Waals surface area contributed by atoms with Gasteiger partial charge in [-0.25, -0.2) is 0 Å². The van der Waals surface area contributed by atoms with E-state index in [1.807, 2.05) is 4.90 Å². The Morgan fingerprint density at radius 1 is 1.40 bits per heavy atom. The molecule has 1 saturated heterocycles. The lowest BCUT2D eigenvalue weighted by Gasteiger charge is -2.34. The van der Waals surface area contributed by atoms with Crippen LogP contribution in [0, 0.1) is 5.92 Å². The number of hydrogen-bond acceptors (Lipinski definition) is 4. The van der Waals surface area contributed by atoms with Crippen LogP contribution in [0.3, 0.4) is 0 Å². The van der Waals surface area contributed by atoms with Crippen molar-refractivity contribution in [1.29, 1.82) is 0 Å². The molecule has 1 aliphatic heterocycles. The Kier molecular flexibility index (Phi) is 7.54. The summed E-state index contributed by atoms with van der Waals surface area (Å²) in [6, 6.07) is 0.143. The molecule has 0 spiro atoms. The topological polar surface area (TPSA) is 84.7 Å². The van der Waals surface area contributed by atoms with Crippen molar-refractivity contribution in [1.82, 2.24) is 10.2 Å². The van der Waals surface area contributed by atoms with Gasteiger partial charge >= 0.3 is 0 Å². The summed E-state index contributed by atoms with van der Waals surface area (Å²) < 4.78 is 4.79. The molecule has 3 N–H and O–H groups in total. The van der Waals surface area contributed by atoms with Crippen LogP contribution in [0.5, 0.6) is 0 Å². The first-order chi connectivity index (χ1) is 9.62. The molecule has 116 valence electrons. The average molecular weight is 285 g/mol. The second kappa shape index (κ2) is 8.92. The number of amides is 2. The third-order valence-electron chi connectivity index (χ3n) is 3.72. The zero-order valence-electron chi connectivity index (χ0n) is 12.6. The predicted molar refractivity (Wildman–Crippen MR) is 77.1 cm³/mol. The van der Waals surface area contributed by atoms with Gasteiger partial charge in [0.15, 0.2) is 0 Å². The van der Waals surface area contributed by atoms with Crippen molar-refractivity contribution in [3.05, 3.63) is 0 Å². The van der Waals surface area contributed by atoms with Crippen LogP contribution >= 0.6 is 0 Å². The lowest BCUT2D eigenvalue weighted by Crippen LogP contribution is -2.49. The molecule has 6 heteroatoms. The minimum atomic E-state index is -0.0944. The highest BCUT2D eigenvalue weighted by Crippen LogP contribution is 2.15. The molecule has 1 rings (SSSR count). The van der Waals surface area contributed by atoms with Gasteiger partial charge in [0, 0.05) is 32.8 Å². The van der Waals surface area contributed by atoms with Gasteiger partial charge in [-0.2, -0.15) is 0 Å². The Labute approximate surface area is 121 Å². The van der Waals surface area contributed by atoms with Crippen LogP contribution in [0.1, 0.15) is 32.6 Å². The number of methoxy groups -OCH3 is 1. The Bertz CT molecular complexity index is 315. The van der Waals surface area contributed by atoms with Gasteiger partial charge in [0.25, 0.3) is 0 Å². The highest BCUT2D eigenvalue weighted by molar-refractivity contribution is 5.79. The molecule has 0 aromatic rings. The number of carbonyl (C=O) groups is 2. The van der Waals surface area contributed by atoms with E-state index in [0.717, 1.165) is 25.7 Å². The SMILES string of the molecule is CCCC(CN)C(=O)N1CCC(NC(=O)COC)CC1. The van der Waals surface area contributed by atoms with Gasteiger partial charge in [-0.3, -0.25) is 9.59 Å². The number of rotatable bonds is 7. The van der Waals surface area contributed by atoms with E-state index in [-0.39, 0.29) is 30.4 Å². The van der Waals surface area contributed by atoms with E-state index in [9.17, 15) is 9.59 Å². The molecule has 20 heavy (non-hydrogen) atoms. The lowest BCUT2D eigenvalue weighted by atomic mass is 9.99. The molecule has 0 aromatic carbocycles. The highest BCUT2D eigenvalue weighted by Gasteiger charge is 2.27. The first-order valence-corrected chi connectivity index (χ1v) is 7.39. The van der Waals surface area contributed by atoms with Crippen LogP contribution < -0.4 is 11.1 Å². The molecule has 0 saturated carbocycles. The van der Waals surface area contributed by atoms with E-state index >= 15 is 0 Å². The van der Waals surface area contributed by atoms with Gasteiger partial charge in [0.2, 0.25) is 11.8 Å². The van der Waals surface area contributed by atoms with E-state index in [4.69, 9.17) is 10.5 Å². The first-order valence-electron chi connectivity index (χ1n) is 7.39. The molecule has 1 fully saturated rings. The van der Waals surface area contributed by atoms with Crippen molar-refractivity contribution in [3.8, 4) is 0 Å². The molecular weight excluding hydrogens is 258 g/mol. The van der Waals surface area contributed by atoms with Crippen LogP contribution in [0.25, 0.3) is 0 Å². The summed E-state index contributed by atoms with van der Waals surface area (Å²) >= 11 is 0. The molecule has 0 bridgehead atoms. The van der Waals surface area contributed by atoms with Crippen molar-refractivity contribution in [3.63, 3.8) is 0 Å². The second-order valence-electron chi connectivity index (χ2n) is 5.32. The minimum absolute atomic E-state index is 0.0559. The number of carbonyl (C=O) groups excluding carboxylic acids is 2. The minimum Gasteiger partial charge on any atom is -0.375 e. The maximum Gasteiger partial charge on any atom is 0.246 e. The summed E-state index contributed by atoms with van der Waals surface area (Å²) in [5, 5.41) is 2.92. The van der Waals surface area contributed by atoms with E-state index in [1.54, 1.807) is 0 Å². The molecular formula is C14H27N3O3. The standard InChI is InChI=1S/C14H27N3O3/c1-3-4-11(9-15)14(19)17-7-5-12(6-8-17)16-13(18)10-20-2/h11-12H,3-10,15H2,1-2H3,(H,16,18). The number of nitrogens with zero attached hydrogens (tertiary/aromatic N) is 1. The van der Waals surface area contributed by atoms with E-state index in [0.29, 0.717) is 19.6 Å². The van der Waals surface area contributed by atoms with Gasteiger partial charge in [-0.15, -0.1) is 0 Å². The smallest absolute Gasteiger partial charge is 0.246 e. The molecule has 2 amide bonds. The highest BCUT2D eigenvalue weighted by atomic mass is 16.5. The Hall–Kier alpha value is -1.14. The summed E-state index contributed by atoms with van der Waals surface area (Å²) in [6.45, 7) is 3.95. The molecule has 1 atom stereocenters. The third-order valence-corrected chi connectivity index (χ3v) is 3.72. The number of nitrogens with two attached hydrogens (primary N) is 1. The van der Waals surface area contributed by atoms with E-state index in [2.05, 4.69) is 12.2 Å². The molecule has 0 aliphatic carbocycles.